The lowest BCUT2D eigenvalue weighted by molar-refractivity contribution is 0.242. The lowest BCUT2D eigenvalue weighted by Crippen LogP contribution is -2.44. The van der Waals surface area contributed by atoms with Gasteiger partial charge in [-0.05, 0) is 12.5 Å². The summed E-state index contributed by atoms with van der Waals surface area (Å²) in [5.41, 5.74) is 1.64. The summed E-state index contributed by atoms with van der Waals surface area (Å²) < 4.78 is 10.8. The Balaban J connectivity index is 2.14. The summed E-state index contributed by atoms with van der Waals surface area (Å²) in [6.07, 6.45) is 0.856. The van der Waals surface area contributed by atoms with Crippen LogP contribution in [0.5, 0.6) is 11.5 Å². The third-order valence-electron chi connectivity index (χ3n) is 3.59. The van der Waals surface area contributed by atoms with Crippen molar-refractivity contribution in [2.24, 2.45) is 0 Å². The number of hydrogen-bond acceptors (Lipinski definition) is 5. The first-order valence-electron chi connectivity index (χ1n) is 6.86. The van der Waals surface area contributed by atoms with Crippen LogP contribution in [0.15, 0.2) is 12.1 Å². The van der Waals surface area contributed by atoms with Gasteiger partial charge in [-0.1, -0.05) is 0 Å². The molecule has 108 valence electrons. The van der Waals surface area contributed by atoms with Gasteiger partial charge in [-0.3, -0.25) is 0 Å². The molecule has 0 atom stereocenters. The molecule has 1 fully saturated rings. The third kappa shape index (κ3) is 3.41. The third-order valence-corrected chi connectivity index (χ3v) is 3.59. The van der Waals surface area contributed by atoms with Crippen LogP contribution in [-0.4, -0.2) is 51.8 Å². The average Bonchev–Trinajstić information content (AvgIpc) is 2.52. The second-order valence-electron chi connectivity index (χ2n) is 4.82. The Morgan fingerprint density at radius 3 is 2.60 bits per heavy atom. The van der Waals surface area contributed by atoms with Crippen molar-refractivity contribution in [2.45, 2.75) is 6.42 Å². The van der Waals surface area contributed by atoms with E-state index in [1.54, 1.807) is 20.3 Å². The molecule has 0 bridgehead atoms. The van der Waals surface area contributed by atoms with Gasteiger partial charge in [0.1, 0.15) is 0 Å². The van der Waals surface area contributed by atoms with Crippen molar-refractivity contribution in [3.63, 3.8) is 0 Å². The molecule has 1 heterocycles. The predicted molar refractivity (Wildman–Crippen MR) is 77.3 cm³/mol. The molecule has 0 aromatic heterocycles. The zero-order valence-corrected chi connectivity index (χ0v) is 12.1. The molecule has 0 spiro atoms. The van der Waals surface area contributed by atoms with Gasteiger partial charge in [-0.15, -0.1) is 0 Å². The number of nitrogens with one attached hydrogen (secondary N) is 1. The van der Waals surface area contributed by atoms with Crippen molar-refractivity contribution in [1.29, 1.82) is 5.26 Å². The average molecular weight is 275 g/mol. The normalized spacial score (nSPS) is 15.7. The molecule has 5 heteroatoms. The zero-order valence-electron chi connectivity index (χ0n) is 12.1. The van der Waals surface area contributed by atoms with E-state index in [2.05, 4.69) is 16.3 Å². The lowest BCUT2D eigenvalue weighted by atomic mass is 10.1. The Kier molecular flexibility index (Phi) is 5.22. The number of nitriles is 1. The van der Waals surface area contributed by atoms with Gasteiger partial charge in [-0.25, -0.2) is 0 Å². The number of piperazine rings is 1. The summed E-state index contributed by atoms with van der Waals surface area (Å²) in [5.74, 6) is 1.36. The Bertz CT molecular complexity index is 491. The molecule has 0 unspecified atom stereocenters. The maximum Gasteiger partial charge on any atom is 0.164 e. The standard InChI is InChI=1S/C15H21N3O2/c1-19-14-10-12(11-16)9-13(15(14)20-2)3-6-18-7-4-17-5-8-18/h9-10,17H,3-8H2,1-2H3. The molecule has 1 aliphatic heterocycles. The summed E-state index contributed by atoms with van der Waals surface area (Å²) in [6.45, 7) is 5.18. The van der Waals surface area contributed by atoms with Crippen LogP contribution in [0.2, 0.25) is 0 Å². The number of benzene rings is 1. The molecule has 1 aromatic carbocycles. The largest absolute Gasteiger partial charge is 0.493 e. The fourth-order valence-electron chi connectivity index (χ4n) is 2.51. The molecule has 2 rings (SSSR count). The summed E-state index contributed by atoms with van der Waals surface area (Å²) in [5, 5.41) is 12.4. The number of hydrogen-bond donors (Lipinski definition) is 1. The molecule has 0 radical (unpaired) electrons. The fraction of sp³-hybridized carbons (Fsp3) is 0.533. The van der Waals surface area contributed by atoms with Crippen LogP contribution in [0, 0.1) is 11.3 Å². The molecular formula is C15H21N3O2. The van der Waals surface area contributed by atoms with Crippen LogP contribution in [0.1, 0.15) is 11.1 Å². The molecule has 0 amide bonds. The van der Waals surface area contributed by atoms with E-state index in [0.717, 1.165) is 50.5 Å². The molecular weight excluding hydrogens is 254 g/mol. The molecule has 1 aliphatic rings. The van der Waals surface area contributed by atoms with Crippen molar-refractivity contribution in [2.75, 3.05) is 46.9 Å². The first-order chi connectivity index (χ1) is 9.78. The van der Waals surface area contributed by atoms with Gasteiger partial charge in [0.2, 0.25) is 0 Å². The van der Waals surface area contributed by atoms with Crippen LogP contribution < -0.4 is 14.8 Å². The Hall–Kier alpha value is -1.77. The highest BCUT2D eigenvalue weighted by atomic mass is 16.5. The van der Waals surface area contributed by atoms with Gasteiger partial charge in [0, 0.05) is 44.4 Å². The van der Waals surface area contributed by atoms with E-state index >= 15 is 0 Å². The highest BCUT2D eigenvalue weighted by Crippen LogP contribution is 2.32. The maximum absolute atomic E-state index is 9.10. The summed E-state index contributed by atoms with van der Waals surface area (Å²) in [6, 6.07) is 5.78. The summed E-state index contributed by atoms with van der Waals surface area (Å²) in [7, 11) is 3.23. The van der Waals surface area contributed by atoms with E-state index < -0.39 is 0 Å². The van der Waals surface area contributed by atoms with Gasteiger partial charge in [0.05, 0.1) is 25.9 Å². The Morgan fingerprint density at radius 2 is 2.00 bits per heavy atom. The van der Waals surface area contributed by atoms with Gasteiger partial charge >= 0.3 is 0 Å². The fourth-order valence-corrected chi connectivity index (χ4v) is 2.51. The minimum atomic E-state index is 0.609. The lowest BCUT2D eigenvalue weighted by Gasteiger charge is -2.27. The van der Waals surface area contributed by atoms with Crippen LogP contribution in [0.4, 0.5) is 0 Å². The van der Waals surface area contributed by atoms with E-state index in [0.29, 0.717) is 11.3 Å². The van der Waals surface area contributed by atoms with Gasteiger partial charge in [0.25, 0.3) is 0 Å². The second kappa shape index (κ2) is 7.13. The van der Waals surface area contributed by atoms with Crippen molar-refractivity contribution in [1.82, 2.24) is 10.2 Å². The zero-order chi connectivity index (χ0) is 14.4. The molecule has 20 heavy (non-hydrogen) atoms. The first-order valence-corrected chi connectivity index (χ1v) is 6.86. The van der Waals surface area contributed by atoms with Crippen LogP contribution in [0.3, 0.4) is 0 Å². The van der Waals surface area contributed by atoms with E-state index in [1.165, 1.54) is 0 Å². The topological polar surface area (TPSA) is 57.5 Å². The highest BCUT2D eigenvalue weighted by molar-refractivity contribution is 5.52. The smallest absolute Gasteiger partial charge is 0.164 e. The maximum atomic E-state index is 9.10. The molecule has 1 aromatic rings. The van der Waals surface area contributed by atoms with Crippen molar-refractivity contribution < 1.29 is 9.47 Å². The van der Waals surface area contributed by atoms with Crippen LogP contribution >= 0.6 is 0 Å². The SMILES string of the molecule is COc1cc(C#N)cc(CCN2CCNCC2)c1OC. The van der Waals surface area contributed by atoms with Crippen molar-refractivity contribution >= 4 is 0 Å². The number of methoxy groups -OCH3 is 2. The van der Waals surface area contributed by atoms with Crippen molar-refractivity contribution in [3.05, 3.63) is 23.3 Å². The first kappa shape index (κ1) is 14.6. The Morgan fingerprint density at radius 1 is 1.25 bits per heavy atom. The number of ether oxygens (including phenoxy) is 2. The molecule has 0 saturated carbocycles. The van der Waals surface area contributed by atoms with Gasteiger partial charge in [0.15, 0.2) is 11.5 Å². The highest BCUT2D eigenvalue weighted by Gasteiger charge is 2.15. The van der Waals surface area contributed by atoms with E-state index in [4.69, 9.17) is 14.7 Å². The van der Waals surface area contributed by atoms with E-state index in [-0.39, 0.29) is 0 Å². The molecule has 0 aliphatic carbocycles. The van der Waals surface area contributed by atoms with Crippen LogP contribution in [-0.2, 0) is 6.42 Å². The monoisotopic (exact) mass is 275 g/mol. The van der Waals surface area contributed by atoms with Crippen molar-refractivity contribution in [3.8, 4) is 17.6 Å². The van der Waals surface area contributed by atoms with Gasteiger partial charge in [-0.2, -0.15) is 5.26 Å². The second-order valence-corrected chi connectivity index (χ2v) is 4.82. The van der Waals surface area contributed by atoms with Crippen LogP contribution in [0.25, 0.3) is 0 Å². The Labute approximate surface area is 120 Å². The summed E-state index contributed by atoms with van der Waals surface area (Å²) >= 11 is 0. The number of nitrogens with zero attached hydrogens (tertiary/aromatic N) is 2. The summed E-state index contributed by atoms with van der Waals surface area (Å²) in [4.78, 5) is 2.42. The predicted octanol–water partition coefficient (Wildman–Crippen LogP) is 1.02. The van der Waals surface area contributed by atoms with E-state index in [1.807, 2.05) is 6.07 Å². The van der Waals surface area contributed by atoms with E-state index in [9.17, 15) is 0 Å². The number of rotatable bonds is 5. The quantitative estimate of drug-likeness (QED) is 0.869. The minimum Gasteiger partial charge on any atom is -0.493 e. The minimum absolute atomic E-state index is 0.609. The van der Waals surface area contributed by atoms with Gasteiger partial charge < -0.3 is 19.7 Å². The molecule has 1 N–H and O–H groups in total. The molecule has 1 saturated heterocycles. The molecule has 5 nitrogen and oxygen atoms in total.